The van der Waals surface area contributed by atoms with Gasteiger partial charge < -0.3 is 9.84 Å². The van der Waals surface area contributed by atoms with Crippen LogP contribution in [0, 0.1) is 5.92 Å². The zero-order valence-electron chi connectivity index (χ0n) is 12.1. The molecule has 1 aromatic carbocycles. The molecule has 0 radical (unpaired) electrons. The molecule has 1 aromatic rings. The summed E-state index contributed by atoms with van der Waals surface area (Å²) in [4.78, 5) is 11.7. The maximum absolute atomic E-state index is 13.0. The standard InChI is InChI=1S/C15H19F3O3/c1-14(2,3)21-13(20)12(15(16,17)18)11(19)9-10-7-5-4-6-8-10/h4-8,11-12,19H,9H2,1-3H3/t11-,12-/m1/s1. The smallest absolute Gasteiger partial charge is 0.404 e. The van der Waals surface area contributed by atoms with E-state index in [4.69, 9.17) is 4.74 Å². The molecule has 118 valence electrons. The van der Waals surface area contributed by atoms with Crippen LogP contribution in [0.2, 0.25) is 0 Å². The molecule has 3 nitrogen and oxygen atoms in total. The summed E-state index contributed by atoms with van der Waals surface area (Å²) in [7, 11) is 0. The molecular formula is C15H19F3O3. The van der Waals surface area contributed by atoms with Gasteiger partial charge in [-0.25, -0.2) is 0 Å². The van der Waals surface area contributed by atoms with Crippen LogP contribution in [0.4, 0.5) is 13.2 Å². The van der Waals surface area contributed by atoms with Gasteiger partial charge in [-0.2, -0.15) is 13.2 Å². The molecule has 0 bridgehead atoms. The molecule has 0 spiro atoms. The number of ether oxygens (including phenoxy) is 1. The minimum atomic E-state index is -4.86. The van der Waals surface area contributed by atoms with Crippen molar-refractivity contribution in [3.8, 4) is 0 Å². The van der Waals surface area contributed by atoms with Gasteiger partial charge in [0.05, 0.1) is 6.10 Å². The zero-order chi connectivity index (χ0) is 16.3. The summed E-state index contributed by atoms with van der Waals surface area (Å²) >= 11 is 0. The van der Waals surface area contributed by atoms with Gasteiger partial charge in [0.25, 0.3) is 0 Å². The molecule has 0 aliphatic rings. The quantitative estimate of drug-likeness (QED) is 0.869. The zero-order valence-corrected chi connectivity index (χ0v) is 12.1. The van der Waals surface area contributed by atoms with Crippen molar-refractivity contribution < 1.29 is 27.8 Å². The van der Waals surface area contributed by atoms with Gasteiger partial charge in [-0.05, 0) is 32.8 Å². The fourth-order valence-electron chi connectivity index (χ4n) is 1.85. The van der Waals surface area contributed by atoms with E-state index in [-0.39, 0.29) is 6.42 Å². The summed E-state index contributed by atoms with van der Waals surface area (Å²) in [6.07, 6.45) is -7.02. The third-order valence-electron chi connectivity index (χ3n) is 2.69. The molecule has 0 saturated carbocycles. The van der Waals surface area contributed by atoms with E-state index in [1.165, 1.54) is 20.8 Å². The highest BCUT2D eigenvalue weighted by molar-refractivity contribution is 5.74. The molecule has 6 heteroatoms. The molecule has 0 fully saturated rings. The van der Waals surface area contributed by atoms with Crippen LogP contribution in [0.1, 0.15) is 26.3 Å². The number of rotatable bonds is 4. The number of benzene rings is 1. The first kappa shape index (κ1) is 17.5. The van der Waals surface area contributed by atoms with Crippen molar-refractivity contribution >= 4 is 5.97 Å². The Morgan fingerprint density at radius 3 is 2.14 bits per heavy atom. The second kappa shape index (κ2) is 6.47. The van der Waals surface area contributed by atoms with E-state index in [0.717, 1.165) is 0 Å². The van der Waals surface area contributed by atoms with Crippen molar-refractivity contribution in [3.63, 3.8) is 0 Å². The number of carbonyl (C=O) groups excluding carboxylic acids is 1. The number of esters is 1. The van der Waals surface area contributed by atoms with Crippen molar-refractivity contribution in [1.82, 2.24) is 0 Å². The Kier molecular flexibility index (Phi) is 5.39. The topological polar surface area (TPSA) is 46.5 Å². The van der Waals surface area contributed by atoms with Gasteiger partial charge >= 0.3 is 12.1 Å². The summed E-state index contributed by atoms with van der Waals surface area (Å²) in [6, 6.07) is 8.19. The Hall–Kier alpha value is -1.56. The summed E-state index contributed by atoms with van der Waals surface area (Å²) in [5.41, 5.74) is -0.532. The number of alkyl halides is 3. The molecule has 1 N–H and O–H groups in total. The number of carbonyl (C=O) groups is 1. The summed E-state index contributed by atoms with van der Waals surface area (Å²) in [6.45, 7) is 4.42. The predicted molar refractivity (Wildman–Crippen MR) is 71.5 cm³/mol. The molecule has 0 heterocycles. The minimum absolute atomic E-state index is 0.274. The Bertz CT molecular complexity index is 463. The van der Waals surface area contributed by atoms with E-state index >= 15 is 0 Å². The van der Waals surface area contributed by atoms with Gasteiger partial charge in [-0.1, -0.05) is 30.3 Å². The molecule has 0 aromatic heterocycles. The summed E-state index contributed by atoms with van der Waals surface area (Å²) in [5.74, 6) is -4.02. The van der Waals surface area contributed by atoms with Gasteiger partial charge in [0.1, 0.15) is 5.60 Å². The maximum atomic E-state index is 13.0. The van der Waals surface area contributed by atoms with E-state index in [0.29, 0.717) is 5.56 Å². The number of hydrogen-bond acceptors (Lipinski definition) is 3. The molecule has 1 rings (SSSR count). The monoisotopic (exact) mass is 304 g/mol. The normalized spacial score (nSPS) is 15.4. The van der Waals surface area contributed by atoms with E-state index < -0.39 is 29.8 Å². The molecule has 0 aliphatic carbocycles. The van der Waals surface area contributed by atoms with Crippen LogP contribution in [0.15, 0.2) is 30.3 Å². The fraction of sp³-hybridized carbons (Fsp3) is 0.533. The Labute approximate surface area is 121 Å². The molecule has 21 heavy (non-hydrogen) atoms. The SMILES string of the molecule is CC(C)(C)OC(=O)[C@@H]([C@H](O)Cc1ccccc1)C(F)(F)F. The van der Waals surface area contributed by atoms with Crippen molar-refractivity contribution in [2.24, 2.45) is 5.92 Å². The van der Waals surface area contributed by atoms with Crippen LogP contribution in [-0.4, -0.2) is 29.0 Å². The summed E-state index contributed by atoms with van der Waals surface area (Å²) in [5, 5.41) is 9.84. The lowest BCUT2D eigenvalue weighted by atomic mass is 9.95. The number of hydrogen-bond donors (Lipinski definition) is 1. The van der Waals surface area contributed by atoms with Crippen LogP contribution in [-0.2, 0) is 16.0 Å². The summed E-state index contributed by atoms with van der Waals surface area (Å²) < 4.78 is 43.9. The van der Waals surface area contributed by atoms with E-state index in [2.05, 4.69) is 0 Å². The average molecular weight is 304 g/mol. The van der Waals surface area contributed by atoms with Gasteiger partial charge in [0.15, 0.2) is 5.92 Å². The molecule has 0 saturated heterocycles. The fourth-order valence-corrected chi connectivity index (χ4v) is 1.85. The van der Waals surface area contributed by atoms with Crippen LogP contribution >= 0.6 is 0 Å². The van der Waals surface area contributed by atoms with Gasteiger partial charge in [0.2, 0.25) is 0 Å². The van der Waals surface area contributed by atoms with E-state index in [1.54, 1.807) is 30.3 Å². The second-order valence-corrected chi connectivity index (χ2v) is 5.81. The number of aliphatic hydroxyl groups is 1. The lowest BCUT2D eigenvalue weighted by Gasteiger charge is -2.28. The van der Waals surface area contributed by atoms with Crippen molar-refractivity contribution in [2.75, 3.05) is 0 Å². The van der Waals surface area contributed by atoms with Crippen molar-refractivity contribution in [3.05, 3.63) is 35.9 Å². The van der Waals surface area contributed by atoms with Crippen LogP contribution in [0.25, 0.3) is 0 Å². The molecule has 0 amide bonds. The van der Waals surface area contributed by atoms with Gasteiger partial charge in [-0.3, -0.25) is 4.79 Å². The van der Waals surface area contributed by atoms with E-state index in [9.17, 15) is 23.1 Å². The third kappa shape index (κ3) is 5.75. The van der Waals surface area contributed by atoms with Gasteiger partial charge in [0, 0.05) is 0 Å². The number of aliphatic hydroxyl groups excluding tert-OH is 1. The van der Waals surface area contributed by atoms with Gasteiger partial charge in [-0.15, -0.1) is 0 Å². The third-order valence-corrected chi connectivity index (χ3v) is 2.69. The Morgan fingerprint density at radius 1 is 1.19 bits per heavy atom. The second-order valence-electron chi connectivity index (χ2n) is 5.81. The molecule has 0 unspecified atom stereocenters. The lowest BCUT2D eigenvalue weighted by Crippen LogP contribution is -2.44. The Morgan fingerprint density at radius 2 is 1.71 bits per heavy atom. The van der Waals surface area contributed by atoms with Crippen LogP contribution in [0.3, 0.4) is 0 Å². The highest BCUT2D eigenvalue weighted by Crippen LogP contribution is 2.32. The van der Waals surface area contributed by atoms with Crippen LogP contribution in [0.5, 0.6) is 0 Å². The maximum Gasteiger partial charge on any atom is 0.404 e. The van der Waals surface area contributed by atoms with Crippen LogP contribution < -0.4 is 0 Å². The molecule has 0 aliphatic heterocycles. The van der Waals surface area contributed by atoms with E-state index in [1.807, 2.05) is 0 Å². The average Bonchev–Trinajstić information content (AvgIpc) is 2.25. The lowest BCUT2D eigenvalue weighted by molar-refractivity contribution is -0.220. The number of halogens is 3. The first-order valence-electron chi connectivity index (χ1n) is 6.52. The van der Waals surface area contributed by atoms with Crippen molar-refractivity contribution in [1.29, 1.82) is 0 Å². The first-order chi connectivity index (χ1) is 9.50. The Balaban J connectivity index is 2.90. The predicted octanol–water partition coefficient (Wildman–Crippen LogP) is 3.11. The first-order valence-corrected chi connectivity index (χ1v) is 6.52. The van der Waals surface area contributed by atoms with Crippen molar-refractivity contribution in [2.45, 2.75) is 45.1 Å². The molecular weight excluding hydrogens is 285 g/mol. The minimum Gasteiger partial charge on any atom is -0.459 e. The highest BCUT2D eigenvalue weighted by atomic mass is 19.4. The largest absolute Gasteiger partial charge is 0.459 e. The highest BCUT2D eigenvalue weighted by Gasteiger charge is 2.51. The molecule has 2 atom stereocenters.